The summed E-state index contributed by atoms with van der Waals surface area (Å²) in [7, 11) is 2.16. The van der Waals surface area contributed by atoms with Gasteiger partial charge in [-0.1, -0.05) is 50.6 Å². The smallest absolute Gasteiger partial charge is 0.179 e. The second-order valence-corrected chi connectivity index (χ2v) is 8.80. The number of hydrogen-bond donors (Lipinski definition) is 0. The topological polar surface area (TPSA) is 7.12 Å². The molecule has 0 atom stereocenters. The van der Waals surface area contributed by atoms with Crippen LogP contribution in [0.4, 0.5) is 5.69 Å². The van der Waals surface area contributed by atoms with Crippen molar-refractivity contribution in [3.05, 3.63) is 58.4 Å². The summed E-state index contributed by atoms with van der Waals surface area (Å²) in [6, 6.07) is 13.3. The minimum absolute atomic E-state index is 0. The highest BCUT2D eigenvalue weighted by molar-refractivity contribution is 8.03. The molecule has 1 aromatic heterocycles. The van der Waals surface area contributed by atoms with Gasteiger partial charge in [0.1, 0.15) is 0 Å². The summed E-state index contributed by atoms with van der Waals surface area (Å²) >= 11 is 1.86. The first-order chi connectivity index (χ1) is 13.0. The van der Waals surface area contributed by atoms with Crippen molar-refractivity contribution in [2.75, 3.05) is 11.9 Å². The zero-order valence-corrected chi connectivity index (χ0v) is 20.8. The number of anilines is 1. The van der Waals surface area contributed by atoms with Gasteiger partial charge in [0.15, 0.2) is 17.9 Å². The lowest BCUT2D eigenvalue weighted by Crippen LogP contribution is -3.00. The third kappa shape index (κ3) is 5.32. The Kier molecular flexibility index (Phi) is 8.87. The van der Waals surface area contributed by atoms with Gasteiger partial charge in [-0.25, -0.2) is 0 Å². The number of fused-ring (bicyclic) bond motifs is 1. The number of benzene rings is 1. The third-order valence-electron chi connectivity index (χ3n) is 5.50. The molecule has 28 heavy (non-hydrogen) atoms. The van der Waals surface area contributed by atoms with Gasteiger partial charge in [0, 0.05) is 43.8 Å². The van der Waals surface area contributed by atoms with Crippen molar-refractivity contribution in [2.24, 2.45) is 5.92 Å². The molecule has 0 saturated heterocycles. The minimum atomic E-state index is 0. The molecule has 2 aromatic rings. The van der Waals surface area contributed by atoms with E-state index in [9.17, 15) is 0 Å². The Balaban J connectivity index is 0.00000280. The number of aryl methyl sites for hydroxylation is 2. The normalized spacial score (nSPS) is 14.5. The van der Waals surface area contributed by atoms with Crippen LogP contribution in [-0.4, -0.2) is 7.05 Å². The van der Waals surface area contributed by atoms with Gasteiger partial charge >= 0.3 is 0 Å². The van der Waals surface area contributed by atoms with Crippen molar-refractivity contribution in [3.8, 4) is 0 Å². The van der Waals surface area contributed by atoms with Crippen LogP contribution < -0.4 is 33.4 Å². The molecule has 0 spiro atoms. The van der Waals surface area contributed by atoms with Crippen molar-refractivity contribution in [1.29, 1.82) is 0 Å². The molecule has 2 heterocycles. The fraction of sp³-hybridized carbons (Fsp3) is 0.458. The van der Waals surface area contributed by atoms with Crippen molar-refractivity contribution in [3.63, 3.8) is 0 Å². The van der Waals surface area contributed by atoms with E-state index >= 15 is 0 Å². The van der Waals surface area contributed by atoms with E-state index in [1.54, 1.807) is 0 Å². The lowest BCUT2D eigenvalue weighted by atomic mass is 9.97. The predicted octanol–water partition coefficient (Wildman–Crippen LogP) is 3.35. The standard InChI is InChI=1S/C24H33N2S.HI/c1-6-10-20(11-7-2)17-26-18(3)14-21(15-19(26)4)16-24-25(5)22-12-8-9-13-23(22)27-24;/h8-9,12-16,20H,6-7,10-11,17H2,1-5H3;1H/q+1;/p-1. The van der Waals surface area contributed by atoms with Gasteiger partial charge in [-0.3, -0.25) is 0 Å². The molecule has 3 rings (SSSR count). The van der Waals surface area contributed by atoms with E-state index in [4.69, 9.17) is 0 Å². The van der Waals surface area contributed by atoms with Crippen LogP contribution in [0.15, 0.2) is 46.3 Å². The Morgan fingerprint density at radius 2 is 1.64 bits per heavy atom. The van der Waals surface area contributed by atoms with Crippen LogP contribution in [0.1, 0.15) is 56.5 Å². The quantitative estimate of drug-likeness (QED) is 0.419. The summed E-state index contributed by atoms with van der Waals surface area (Å²) in [6.07, 6.45) is 7.52. The van der Waals surface area contributed by atoms with Gasteiger partial charge in [-0.2, -0.15) is 4.57 Å². The zero-order chi connectivity index (χ0) is 19.4. The molecule has 0 saturated carbocycles. The first kappa shape index (κ1) is 23.3. The van der Waals surface area contributed by atoms with Crippen LogP contribution in [0.25, 0.3) is 6.08 Å². The molecule has 0 radical (unpaired) electrons. The van der Waals surface area contributed by atoms with Crippen LogP contribution in [0.5, 0.6) is 0 Å². The molecule has 2 nitrogen and oxygen atoms in total. The van der Waals surface area contributed by atoms with Crippen LogP contribution in [-0.2, 0) is 6.54 Å². The van der Waals surface area contributed by atoms with Gasteiger partial charge in [0.2, 0.25) is 0 Å². The van der Waals surface area contributed by atoms with Crippen LogP contribution in [0.2, 0.25) is 0 Å². The highest BCUT2D eigenvalue weighted by Crippen LogP contribution is 2.45. The van der Waals surface area contributed by atoms with Gasteiger partial charge in [-0.05, 0) is 36.6 Å². The summed E-state index contributed by atoms with van der Waals surface area (Å²) in [4.78, 5) is 3.64. The summed E-state index contributed by atoms with van der Waals surface area (Å²) in [6.45, 7) is 10.3. The van der Waals surface area contributed by atoms with E-state index in [-0.39, 0.29) is 24.0 Å². The fourth-order valence-corrected chi connectivity index (χ4v) is 5.23. The lowest BCUT2D eigenvalue weighted by molar-refractivity contribution is -0.714. The van der Waals surface area contributed by atoms with Crippen LogP contribution in [0, 0.1) is 19.8 Å². The van der Waals surface area contributed by atoms with E-state index in [1.807, 2.05) is 11.8 Å². The summed E-state index contributed by atoms with van der Waals surface area (Å²) in [5.41, 5.74) is 5.32. The SMILES string of the molecule is CCCC(CCC)C[n+]1c(C)cc(/C=C2\Sc3ccccc3N2C)cc1C.[I-]. The van der Waals surface area contributed by atoms with Crippen molar-refractivity contribution >= 4 is 23.5 Å². The Morgan fingerprint density at radius 1 is 1.04 bits per heavy atom. The van der Waals surface area contributed by atoms with Crippen molar-refractivity contribution < 1.29 is 28.5 Å². The Hall–Kier alpha value is -1.01. The number of aromatic nitrogens is 1. The van der Waals surface area contributed by atoms with Crippen LogP contribution >= 0.6 is 11.8 Å². The average molecular weight is 509 g/mol. The monoisotopic (exact) mass is 508 g/mol. The summed E-state index contributed by atoms with van der Waals surface area (Å²) < 4.78 is 2.51. The van der Waals surface area contributed by atoms with Gasteiger partial charge < -0.3 is 28.9 Å². The fourth-order valence-electron chi connectivity index (χ4n) is 4.12. The first-order valence-electron chi connectivity index (χ1n) is 10.3. The molecule has 1 aliphatic rings. The average Bonchev–Trinajstić information content (AvgIpc) is 2.94. The Labute approximate surface area is 192 Å². The number of para-hydroxylation sites is 1. The van der Waals surface area contributed by atoms with Crippen LogP contribution in [0.3, 0.4) is 0 Å². The molecular weight excluding hydrogens is 475 g/mol. The maximum absolute atomic E-state index is 2.51. The predicted molar refractivity (Wildman–Crippen MR) is 118 cm³/mol. The van der Waals surface area contributed by atoms with Gasteiger partial charge in [-0.15, -0.1) is 0 Å². The lowest BCUT2D eigenvalue weighted by Gasteiger charge is -2.15. The Bertz CT molecular complexity index is 802. The number of hydrogen-bond acceptors (Lipinski definition) is 2. The maximum atomic E-state index is 2.51. The van der Waals surface area contributed by atoms with Crippen molar-refractivity contribution in [2.45, 2.75) is 64.8 Å². The van der Waals surface area contributed by atoms with E-state index in [0.717, 1.165) is 12.5 Å². The number of pyridine rings is 1. The number of rotatable bonds is 7. The maximum Gasteiger partial charge on any atom is 0.179 e. The van der Waals surface area contributed by atoms with E-state index < -0.39 is 0 Å². The first-order valence-corrected chi connectivity index (χ1v) is 11.1. The molecule has 1 aromatic carbocycles. The second kappa shape index (κ2) is 10.7. The Morgan fingerprint density at radius 3 is 2.21 bits per heavy atom. The molecule has 1 aliphatic heterocycles. The van der Waals surface area contributed by atoms with E-state index in [1.165, 1.54) is 58.2 Å². The minimum Gasteiger partial charge on any atom is -1.00 e. The summed E-state index contributed by atoms with van der Waals surface area (Å²) in [5.74, 6) is 0.789. The molecule has 4 heteroatoms. The highest BCUT2D eigenvalue weighted by Gasteiger charge is 2.22. The number of halogens is 1. The molecule has 0 aliphatic carbocycles. The van der Waals surface area contributed by atoms with Gasteiger partial charge in [0.05, 0.1) is 10.7 Å². The molecule has 0 fully saturated rings. The zero-order valence-electron chi connectivity index (χ0n) is 17.8. The molecule has 152 valence electrons. The van der Waals surface area contributed by atoms with E-state index in [0.29, 0.717) is 0 Å². The number of nitrogens with zero attached hydrogens (tertiary/aromatic N) is 2. The summed E-state index contributed by atoms with van der Waals surface area (Å²) in [5, 5.41) is 1.29. The molecular formula is C24H33IN2S. The molecule has 0 amide bonds. The largest absolute Gasteiger partial charge is 1.00 e. The molecule has 0 unspecified atom stereocenters. The number of thioether (sulfide) groups is 1. The molecule has 0 N–H and O–H groups in total. The van der Waals surface area contributed by atoms with Crippen molar-refractivity contribution in [1.82, 2.24) is 0 Å². The van der Waals surface area contributed by atoms with E-state index in [2.05, 4.69) is 86.7 Å². The second-order valence-electron chi connectivity index (χ2n) is 7.74. The third-order valence-corrected chi connectivity index (χ3v) is 6.67. The molecule has 0 bridgehead atoms. The highest BCUT2D eigenvalue weighted by atomic mass is 127. The van der Waals surface area contributed by atoms with Gasteiger partial charge in [0.25, 0.3) is 0 Å².